The van der Waals surface area contributed by atoms with E-state index in [-0.39, 0.29) is 29.7 Å². The standard InChI is InChI=1S/C13H25NO3S/c1-9(8-18-5)12(17)14-10(6-11(15)16)7-13(2,3)4/h9-10H,6-8H2,1-5H3,(H,14,17)(H,15,16). The van der Waals surface area contributed by atoms with Crippen molar-refractivity contribution in [1.29, 1.82) is 0 Å². The monoisotopic (exact) mass is 275 g/mol. The summed E-state index contributed by atoms with van der Waals surface area (Å²) in [5.41, 5.74) is -0.00383. The van der Waals surface area contributed by atoms with E-state index >= 15 is 0 Å². The molecule has 106 valence electrons. The minimum absolute atomic E-state index is 0.00383. The van der Waals surface area contributed by atoms with Crippen LogP contribution in [0.4, 0.5) is 0 Å². The first-order chi connectivity index (χ1) is 8.15. The Morgan fingerprint density at radius 2 is 1.89 bits per heavy atom. The number of hydrogen-bond donors (Lipinski definition) is 2. The van der Waals surface area contributed by atoms with E-state index in [1.807, 2.05) is 34.0 Å². The molecule has 0 saturated carbocycles. The van der Waals surface area contributed by atoms with Gasteiger partial charge >= 0.3 is 5.97 Å². The molecule has 18 heavy (non-hydrogen) atoms. The lowest BCUT2D eigenvalue weighted by atomic mass is 9.87. The van der Waals surface area contributed by atoms with Crippen LogP contribution in [0.3, 0.4) is 0 Å². The molecule has 0 aliphatic rings. The van der Waals surface area contributed by atoms with Crippen LogP contribution in [0.2, 0.25) is 0 Å². The summed E-state index contributed by atoms with van der Waals surface area (Å²) in [4.78, 5) is 22.7. The second-order valence-electron chi connectivity index (χ2n) is 5.92. The molecule has 0 bridgehead atoms. The van der Waals surface area contributed by atoms with Crippen LogP contribution in [-0.2, 0) is 9.59 Å². The number of carbonyl (C=O) groups is 2. The second kappa shape index (κ2) is 7.67. The number of aliphatic carboxylic acids is 1. The van der Waals surface area contributed by atoms with Crippen LogP contribution in [0.15, 0.2) is 0 Å². The zero-order chi connectivity index (χ0) is 14.3. The third-order valence-electron chi connectivity index (χ3n) is 2.49. The Kier molecular flexibility index (Phi) is 7.36. The van der Waals surface area contributed by atoms with Gasteiger partial charge in [0, 0.05) is 17.7 Å². The zero-order valence-electron chi connectivity index (χ0n) is 11.9. The minimum atomic E-state index is -0.873. The molecule has 4 nitrogen and oxygen atoms in total. The van der Waals surface area contributed by atoms with Crippen molar-refractivity contribution in [3.63, 3.8) is 0 Å². The molecule has 0 heterocycles. The minimum Gasteiger partial charge on any atom is -0.481 e. The van der Waals surface area contributed by atoms with Crippen LogP contribution in [0.1, 0.15) is 40.5 Å². The Morgan fingerprint density at radius 3 is 2.28 bits per heavy atom. The number of hydrogen-bond acceptors (Lipinski definition) is 3. The van der Waals surface area contributed by atoms with Crippen LogP contribution in [0.5, 0.6) is 0 Å². The van der Waals surface area contributed by atoms with Gasteiger partial charge in [-0.15, -0.1) is 0 Å². The molecule has 0 aliphatic heterocycles. The maximum atomic E-state index is 11.9. The van der Waals surface area contributed by atoms with Gasteiger partial charge in [0.2, 0.25) is 5.91 Å². The van der Waals surface area contributed by atoms with Crippen LogP contribution >= 0.6 is 11.8 Å². The molecule has 1 amide bonds. The Hall–Kier alpha value is -0.710. The van der Waals surface area contributed by atoms with Crippen LogP contribution < -0.4 is 5.32 Å². The predicted molar refractivity (Wildman–Crippen MR) is 75.8 cm³/mol. The lowest BCUT2D eigenvalue weighted by Gasteiger charge is -2.26. The van der Waals surface area contributed by atoms with Gasteiger partial charge in [-0.2, -0.15) is 11.8 Å². The lowest BCUT2D eigenvalue weighted by molar-refractivity contribution is -0.138. The molecule has 0 aliphatic carbocycles. The molecule has 0 aromatic carbocycles. The fourth-order valence-electron chi connectivity index (χ4n) is 1.79. The van der Waals surface area contributed by atoms with Gasteiger partial charge in [-0.25, -0.2) is 0 Å². The third-order valence-corrected chi connectivity index (χ3v) is 3.32. The van der Waals surface area contributed by atoms with Crippen molar-refractivity contribution >= 4 is 23.6 Å². The van der Waals surface area contributed by atoms with Crippen molar-refractivity contribution in [2.24, 2.45) is 11.3 Å². The Morgan fingerprint density at radius 1 is 1.33 bits per heavy atom. The van der Waals surface area contributed by atoms with Gasteiger partial charge in [0.05, 0.1) is 6.42 Å². The lowest BCUT2D eigenvalue weighted by Crippen LogP contribution is -2.42. The Balaban J connectivity index is 4.48. The molecule has 0 aromatic heterocycles. The van der Waals surface area contributed by atoms with Crippen molar-refractivity contribution in [2.45, 2.75) is 46.6 Å². The van der Waals surface area contributed by atoms with Crippen molar-refractivity contribution in [1.82, 2.24) is 5.32 Å². The molecule has 2 N–H and O–H groups in total. The number of nitrogens with one attached hydrogen (secondary N) is 1. The zero-order valence-corrected chi connectivity index (χ0v) is 12.8. The summed E-state index contributed by atoms with van der Waals surface area (Å²) in [6.07, 6.45) is 2.60. The van der Waals surface area contributed by atoms with E-state index in [0.717, 1.165) is 5.75 Å². The summed E-state index contributed by atoms with van der Waals surface area (Å²) in [5.74, 6) is -0.264. The summed E-state index contributed by atoms with van der Waals surface area (Å²) < 4.78 is 0. The average Bonchev–Trinajstić information content (AvgIpc) is 2.13. The number of thioether (sulfide) groups is 1. The molecule has 2 unspecified atom stereocenters. The van der Waals surface area contributed by atoms with E-state index in [0.29, 0.717) is 6.42 Å². The highest BCUT2D eigenvalue weighted by atomic mass is 32.2. The summed E-state index contributed by atoms with van der Waals surface area (Å²) in [7, 11) is 0. The maximum absolute atomic E-state index is 11.9. The number of amides is 1. The fourth-order valence-corrected chi connectivity index (χ4v) is 2.44. The van der Waals surface area contributed by atoms with Crippen LogP contribution in [-0.4, -0.2) is 35.0 Å². The van der Waals surface area contributed by atoms with Gasteiger partial charge in [0.25, 0.3) is 0 Å². The van der Waals surface area contributed by atoms with Crippen molar-refractivity contribution in [3.8, 4) is 0 Å². The molecule has 0 saturated heterocycles. The van der Waals surface area contributed by atoms with Crippen LogP contribution in [0, 0.1) is 11.3 Å². The average molecular weight is 275 g/mol. The molecule has 2 atom stereocenters. The van der Waals surface area contributed by atoms with Crippen molar-refractivity contribution in [2.75, 3.05) is 12.0 Å². The van der Waals surface area contributed by atoms with Gasteiger partial charge in [-0.1, -0.05) is 27.7 Å². The van der Waals surface area contributed by atoms with Gasteiger partial charge in [-0.05, 0) is 18.1 Å². The summed E-state index contributed by atoms with van der Waals surface area (Å²) in [6.45, 7) is 7.98. The first-order valence-corrected chi connectivity index (χ1v) is 7.56. The summed E-state index contributed by atoms with van der Waals surface area (Å²) >= 11 is 1.62. The van der Waals surface area contributed by atoms with Gasteiger partial charge in [0.15, 0.2) is 0 Å². The number of carbonyl (C=O) groups excluding carboxylic acids is 1. The quantitative estimate of drug-likeness (QED) is 0.748. The molecule has 0 radical (unpaired) electrons. The SMILES string of the molecule is CSCC(C)C(=O)NC(CC(=O)O)CC(C)(C)C. The topological polar surface area (TPSA) is 66.4 Å². The summed E-state index contributed by atoms with van der Waals surface area (Å²) in [6, 6.07) is -0.292. The van der Waals surface area contributed by atoms with Crippen molar-refractivity contribution < 1.29 is 14.7 Å². The van der Waals surface area contributed by atoms with Gasteiger partial charge in [-0.3, -0.25) is 9.59 Å². The number of rotatable bonds is 7. The largest absolute Gasteiger partial charge is 0.481 e. The molecule has 0 fully saturated rings. The highest BCUT2D eigenvalue weighted by Crippen LogP contribution is 2.22. The van der Waals surface area contributed by atoms with Gasteiger partial charge in [0.1, 0.15) is 0 Å². The highest BCUT2D eigenvalue weighted by molar-refractivity contribution is 7.98. The predicted octanol–water partition coefficient (Wildman–Crippen LogP) is 2.38. The van der Waals surface area contributed by atoms with Gasteiger partial charge < -0.3 is 10.4 Å². The smallest absolute Gasteiger partial charge is 0.305 e. The number of carboxylic acids is 1. The molecular formula is C13H25NO3S. The van der Waals surface area contributed by atoms with E-state index in [2.05, 4.69) is 5.32 Å². The summed E-state index contributed by atoms with van der Waals surface area (Å²) in [5, 5.41) is 11.7. The van der Waals surface area contributed by atoms with Crippen molar-refractivity contribution in [3.05, 3.63) is 0 Å². The van der Waals surface area contributed by atoms with Crippen LogP contribution in [0.25, 0.3) is 0 Å². The Labute approximate surface area is 114 Å². The molecular weight excluding hydrogens is 250 g/mol. The molecule has 0 rings (SSSR count). The number of carboxylic acid groups (broad SMARTS) is 1. The maximum Gasteiger partial charge on any atom is 0.305 e. The highest BCUT2D eigenvalue weighted by Gasteiger charge is 2.24. The van der Waals surface area contributed by atoms with E-state index in [1.165, 1.54) is 0 Å². The van der Waals surface area contributed by atoms with E-state index in [9.17, 15) is 9.59 Å². The molecule has 5 heteroatoms. The molecule has 0 spiro atoms. The third kappa shape index (κ3) is 8.39. The normalized spacial score (nSPS) is 14.9. The van der Waals surface area contributed by atoms with E-state index < -0.39 is 5.97 Å². The van der Waals surface area contributed by atoms with E-state index in [4.69, 9.17) is 5.11 Å². The second-order valence-corrected chi connectivity index (χ2v) is 6.84. The first-order valence-electron chi connectivity index (χ1n) is 6.17. The molecule has 0 aromatic rings. The Bertz CT molecular complexity index is 286. The first kappa shape index (κ1) is 17.3. The van der Waals surface area contributed by atoms with E-state index in [1.54, 1.807) is 11.8 Å². The fraction of sp³-hybridized carbons (Fsp3) is 0.846.